The zero-order valence-corrected chi connectivity index (χ0v) is 15.6. The van der Waals surface area contributed by atoms with Crippen LogP contribution in [0, 0.1) is 0 Å². The van der Waals surface area contributed by atoms with Gasteiger partial charge in [0.1, 0.15) is 11.8 Å². The van der Waals surface area contributed by atoms with Crippen molar-refractivity contribution in [1.29, 1.82) is 0 Å². The van der Waals surface area contributed by atoms with Crippen molar-refractivity contribution < 1.29 is 14.6 Å². The molecule has 1 amide bonds. The van der Waals surface area contributed by atoms with Crippen LogP contribution in [0.3, 0.4) is 0 Å². The number of hydrogen-bond donors (Lipinski definition) is 3. The molecule has 144 valence electrons. The van der Waals surface area contributed by atoms with E-state index in [9.17, 15) is 9.90 Å². The molecule has 1 aliphatic rings. The van der Waals surface area contributed by atoms with E-state index in [-0.39, 0.29) is 12.0 Å². The molecule has 1 fully saturated rings. The van der Waals surface area contributed by atoms with Gasteiger partial charge in [-0.15, -0.1) is 0 Å². The van der Waals surface area contributed by atoms with E-state index in [0.29, 0.717) is 11.3 Å². The van der Waals surface area contributed by atoms with Gasteiger partial charge < -0.3 is 20.9 Å². The minimum atomic E-state index is -0.812. The van der Waals surface area contributed by atoms with Gasteiger partial charge >= 0.3 is 0 Å². The summed E-state index contributed by atoms with van der Waals surface area (Å²) in [6, 6.07) is 14.3. The number of nitrogens with one attached hydrogen (secondary N) is 1. The number of methoxy groups -OCH3 is 1. The summed E-state index contributed by atoms with van der Waals surface area (Å²) in [5.41, 5.74) is 8.64. The van der Waals surface area contributed by atoms with Crippen molar-refractivity contribution in [2.24, 2.45) is 5.73 Å². The summed E-state index contributed by atoms with van der Waals surface area (Å²) in [5.74, 6) is 0.318. The molecule has 1 saturated heterocycles. The zero-order valence-electron chi connectivity index (χ0n) is 15.6. The average molecular weight is 369 g/mol. The first-order chi connectivity index (χ1) is 13.1. The van der Waals surface area contributed by atoms with Gasteiger partial charge in [-0.25, -0.2) is 0 Å². The highest BCUT2D eigenvalue weighted by Crippen LogP contribution is 2.24. The van der Waals surface area contributed by atoms with Crippen LogP contribution in [0.15, 0.2) is 48.5 Å². The molecule has 27 heavy (non-hydrogen) atoms. The van der Waals surface area contributed by atoms with Crippen LogP contribution in [0.2, 0.25) is 0 Å². The number of nitrogens with zero attached hydrogens (tertiary/aromatic N) is 1. The minimum Gasteiger partial charge on any atom is -0.496 e. The van der Waals surface area contributed by atoms with Gasteiger partial charge in [-0.3, -0.25) is 9.69 Å². The number of anilines is 1. The first kappa shape index (κ1) is 19.4. The number of piperidine rings is 1. The molecular formula is C21H27N3O3. The Hall–Kier alpha value is -2.41. The minimum absolute atomic E-state index is 0.177. The van der Waals surface area contributed by atoms with E-state index < -0.39 is 6.04 Å². The van der Waals surface area contributed by atoms with Crippen molar-refractivity contribution in [1.82, 2.24) is 4.90 Å². The van der Waals surface area contributed by atoms with Gasteiger partial charge in [-0.1, -0.05) is 30.3 Å². The van der Waals surface area contributed by atoms with Crippen LogP contribution in [0.5, 0.6) is 5.75 Å². The van der Waals surface area contributed by atoms with Crippen molar-refractivity contribution in [2.75, 3.05) is 25.5 Å². The van der Waals surface area contributed by atoms with Gasteiger partial charge in [0.15, 0.2) is 0 Å². The first-order valence-corrected chi connectivity index (χ1v) is 9.25. The van der Waals surface area contributed by atoms with Gasteiger partial charge in [0.05, 0.1) is 13.2 Å². The zero-order chi connectivity index (χ0) is 19.2. The molecule has 1 atom stereocenters. The van der Waals surface area contributed by atoms with Gasteiger partial charge in [0.25, 0.3) is 0 Å². The van der Waals surface area contributed by atoms with E-state index >= 15 is 0 Å². The number of nitrogens with two attached hydrogens (primary N) is 1. The summed E-state index contributed by atoms with van der Waals surface area (Å²) in [6.45, 7) is 2.57. The van der Waals surface area contributed by atoms with E-state index in [1.54, 1.807) is 19.2 Å². The predicted molar refractivity (Wildman–Crippen MR) is 106 cm³/mol. The summed E-state index contributed by atoms with van der Waals surface area (Å²) < 4.78 is 5.29. The summed E-state index contributed by atoms with van der Waals surface area (Å²) in [4.78, 5) is 14.9. The van der Waals surface area contributed by atoms with Crippen LogP contribution in [0.25, 0.3) is 0 Å². The number of ether oxygens (including phenoxy) is 1. The summed E-state index contributed by atoms with van der Waals surface area (Å²) >= 11 is 0. The van der Waals surface area contributed by atoms with Crippen LogP contribution < -0.4 is 15.8 Å². The fraction of sp³-hybridized carbons (Fsp3) is 0.381. The van der Waals surface area contributed by atoms with E-state index in [4.69, 9.17) is 10.5 Å². The topological polar surface area (TPSA) is 87.8 Å². The summed E-state index contributed by atoms with van der Waals surface area (Å²) in [5, 5.41) is 12.5. The van der Waals surface area contributed by atoms with E-state index in [1.165, 1.54) is 0 Å². The molecule has 0 radical (unpaired) electrons. The number of hydrogen-bond acceptors (Lipinski definition) is 5. The van der Waals surface area contributed by atoms with Crippen LogP contribution in [-0.4, -0.2) is 42.2 Å². The average Bonchev–Trinajstić information content (AvgIpc) is 2.69. The monoisotopic (exact) mass is 369 g/mol. The lowest BCUT2D eigenvalue weighted by Gasteiger charge is -2.29. The number of likely N-dealkylation sites (tertiary alicyclic amines) is 1. The third-order valence-corrected chi connectivity index (χ3v) is 4.91. The maximum Gasteiger partial charge on any atom is 0.246 e. The van der Waals surface area contributed by atoms with Crippen molar-refractivity contribution in [3.8, 4) is 5.75 Å². The molecule has 6 nitrogen and oxygen atoms in total. The number of para-hydroxylation sites is 1. The van der Waals surface area contributed by atoms with Crippen molar-refractivity contribution in [3.05, 3.63) is 59.7 Å². The van der Waals surface area contributed by atoms with Crippen molar-refractivity contribution in [2.45, 2.75) is 31.5 Å². The predicted octanol–water partition coefficient (Wildman–Crippen LogP) is 2.29. The summed E-state index contributed by atoms with van der Waals surface area (Å²) in [7, 11) is 1.56. The van der Waals surface area contributed by atoms with Gasteiger partial charge in [0, 0.05) is 30.9 Å². The third-order valence-electron chi connectivity index (χ3n) is 4.91. The molecule has 0 saturated carbocycles. The Bertz CT molecular complexity index is 773. The lowest BCUT2D eigenvalue weighted by molar-refractivity contribution is -0.117. The molecule has 1 aliphatic heterocycles. The fourth-order valence-electron chi connectivity index (χ4n) is 3.37. The Balaban J connectivity index is 1.64. The van der Waals surface area contributed by atoms with Crippen LogP contribution >= 0.6 is 0 Å². The van der Waals surface area contributed by atoms with Crippen molar-refractivity contribution in [3.63, 3.8) is 0 Å². The fourth-order valence-corrected chi connectivity index (χ4v) is 3.37. The van der Waals surface area contributed by atoms with Crippen molar-refractivity contribution >= 4 is 11.6 Å². The van der Waals surface area contributed by atoms with Crippen LogP contribution in [0.4, 0.5) is 5.69 Å². The number of amides is 1. The molecule has 6 heteroatoms. The number of rotatable bonds is 6. The second kappa shape index (κ2) is 8.99. The first-order valence-electron chi connectivity index (χ1n) is 9.25. The Morgan fingerprint density at radius 2 is 2.00 bits per heavy atom. The molecule has 1 unspecified atom stereocenters. The molecule has 1 heterocycles. The Kier molecular flexibility index (Phi) is 6.45. The maximum absolute atomic E-state index is 12.6. The molecule has 0 bridgehead atoms. The van der Waals surface area contributed by atoms with Crippen LogP contribution in [0.1, 0.15) is 30.0 Å². The standard InChI is InChI=1S/C21H27N3O3/c1-27-19-8-3-2-7-18(19)20(22)21(26)23-16-6-4-5-15(13-16)14-24-11-9-17(25)10-12-24/h2-8,13,17,20,25H,9-12,14,22H2,1H3,(H,23,26). The largest absolute Gasteiger partial charge is 0.496 e. The Morgan fingerprint density at radius 3 is 2.74 bits per heavy atom. The number of carbonyl (C=O) groups is 1. The smallest absolute Gasteiger partial charge is 0.246 e. The molecular weight excluding hydrogens is 342 g/mol. The normalized spacial score (nSPS) is 16.7. The maximum atomic E-state index is 12.6. The molecule has 3 rings (SSSR count). The molecule has 0 aliphatic carbocycles. The lowest BCUT2D eigenvalue weighted by atomic mass is 10.1. The number of aliphatic hydroxyl groups is 1. The van der Waals surface area contributed by atoms with E-state index in [2.05, 4.69) is 10.2 Å². The second-order valence-corrected chi connectivity index (χ2v) is 6.92. The number of carbonyl (C=O) groups excluding carboxylic acids is 1. The SMILES string of the molecule is COc1ccccc1C(N)C(=O)Nc1cccc(CN2CCC(O)CC2)c1. The molecule has 0 spiro atoms. The quantitative estimate of drug-likeness (QED) is 0.727. The lowest BCUT2D eigenvalue weighted by Crippen LogP contribution is -2.35. The van der Waals surface area contributed by atoms with Gasteiger partial charge in [0.2, 0.25) is 5.91 Å². The number of benzene rings is 2. The van der Waals surface area contributed by atoms with Gasteiger partial charge in [-0.05, 0) is 36.6 Å². The van der Waals surface area contributed by atoms with Gasteiger partial charge in [-0.2, -0.15) is 0 Å². The Morgan fingerprint density at radius 1 is 1.26 bits per heavy atom. The number of aliphatic hydroxyl groups excluding tert-OH is 1. The highest BCUT2D eigenvalue weighted by Gasteiger charge is 2.20. The molecule has 0 aromatic heterocycles. The second-order valence-electron chi connectivity index (χ2n) is 6.92. The molecule has 2 aromatic rings. The van der Waals surface area contributed by atoms with E-state index in [0.717, 1.165) is 43.7 Å². The molecule has 2 aromatic carbocycles. The van der Waals surface area contributed by atoms with Crippen LogP contribution in [-0.2, 0) is 11.3 Å². The Labute approximate surface area is 159 Å². The molecule has 4 N–H and O–H groups in total. The highest BCUT2D eigenvalue weighted by atomic mass is 16.5. The third kappa shape index (κ3) is 5.07. The van der Waals surface area contributed by atoms with E-state index in [1.807, 2.05) is 36.4 Å². The summed E-state index contributed by atoms with van der Waals surface area (Å²) in [6.07, 6.45) is 1.44. The highest BCUT2D eigenvalue weighted by molar-refractivity contribution is 5.95.